The SMILES string of the molecule is CCCCC(CC)COC(C(C)O)N(Cc1ccccc1)Cc1ccccc1. The van der Waals surface area contributed by atoms with Gasteiger partial charge in [-0.15, -0.1) is 0 Å². The Hall–Kier alpha value is -1.68. The van der Waals surface area contributed by atoms with E-state index >= 15 is 0 Å². The maximum absolute atomic E-state index is 10.5. The van der Waals surface area contributed by atoms with Crippen LogP contribution in [-0.4, -0.2) is 28.9 Å². The van der Waals surface area contributed by atoms with Gasteiger partial charge in [-0.05, 0) is 30.4 Å². The van der Waals surface area contributed by atoms with Crippen LogP contribution in [0.1, 0.15) is 57.6 Å². The summed E-state index contributed by atoms with van der Waals surface area (Å²) in [4.78, 5) is 2.25. The summed E-state index contributed by atoms with van der Waals surface area (Å²) < 4.78 is 6.34. The summed E-state index contributed by atoms with van der Waals surface area (Å²) in [5, 5.41) is 10.5. The first kappa shape index (κ1) is 22.6. The lowest BCUT2D eigenvalue weighted by molar-refractivity contribution is -0.135. The van der Waals surface area contributed by atoms with Crippen LogP contribution in [0.4, 0.5) is 0 Å². The highest BCUT2D eigenvalue weighted by atomic mass is 16.5. The van der Waals surface area contributed by atoms with Crippen LogP contribution in [-0.2, 0) is 17.8 Å². The van der Waals surface area contributed by atoms with Crippen LogP contribution < -0.4 is 0 Å². The fraction of sp³-hybridized carbons (Fsp3) is 0.520. The predicted molar refractivity (Wildman–Crippen MR) is 117 cm³/mol. The number of rotatable bonds is 13. The van der Waals surface area contributed by atoms with Gasteiger partial charge in [0.25, 0.3) is 0 Å². The first-order valence-corrected chi connectivity index (χ1v) is 10.8. The lowest BCUT2D eigenvalue weighted by Gasteiger charge is -2.34. The molecule has 0 aliphatic rings. The average Bonchev–Trinajstić information content (AvgIpc) is 2.71. The third-order valence-corrected chi connectivity index (χ3v) is 5.28. The number of hydrogen-bond acceptors (Lipinski definition) is 3. The van der Waals surface area contributed by atoms with Crippen LogP contribution >= 0.6 is 0 Å². The second kappa shape index (κ2) is 12.7. The van der Waals surface area contributed by atoms with Crippen LogP contribution in [0.3, 0.4) is 0 Å². The molecule has 0 heterocycles. The Kier molecular flexibility index (Phi) is 10.3. The van der Waals surface area contributed by atoms with Gasteiger partial charge in [0.1, 0.15) is 6.23 Å². The van der Waals surface area contributed by atoms with Crippen molar-refractivity contribution < 1.29 is 9.84 Å². The monoisotopic (exact) mass is 383 g/mol. The molecule has 2 aromatic rings. The molecule has 3 atom stereocenters. The Balaban J connectivity index is 2.13. The molecule has 2 aromatic carbocycles. The molecule has 0 fully saturated rings. The molecule has 3 heteroatoms. The molecule has 3 unspecified atom stereocenters. The summed E-state index contributed by atoms with van der Waals surface area (Å²) in [6.45, 7) is 8.49. The molecule has 3 nitrogen and oxygen atoms in total. The fourth-order valence-corrected chi connectivity index (χ4v) is 3.55. The number of unbranched alkanes of at least 4 members (excludes halogenated alkanes) is 1. The zero-order valence-electron chi connectivity index (χ0n) is 17.8. The van der Waals surface area contributed by atoms with E-state index in [9.17, 15) is 5.11 Å². The molecule has 0 saturated heterocycles. The van der Waals surface area contributed by atoms with Crippen molar-refractivity contribution in [2.75, 3.05) is 6.61 Å². The van der Waals surface area contributed by atoms with Gasteiger partial charge in [-0.1, -0.05) is 93.8 Å². The van der Waals surface area contributed by atoms with Gasteiger partial charge < -0.3 is 9.84 Å². The van der Waals surface area contributed by atoms with Crippen molar-refractivity contribution in [2.24, 2.45) is 5.92 Å². The van der Waals surface area contributed by atoms with Crippen molar-refractivity contribution in [2.45, 2.75) is 71.9 Å². The van der Waals surface area contributed by atoms with Crippen LogP contribution in [0.2, 0.25) is 0 Å². The van der Waals surface area contributed by atoms with E-state index in [4.69, 9.17) is 4.74 Å². The van der Waals surface area contributed by atoms with Crippen molar-refractivity contribution in [3.8, 4) is 0 Å². The number of aliphatic hydroxyl groups excluding tert-OH is 1. The van der Waals surface area contributed by atoms with Gasteiger partial charge in [-0.25, -0.2) is 0 Å². The highest BCUT2D eigenvalue weighted by Crippen LogP contribution is 2.20. The van der Waals surface area contributed by atoms with Gasteiger partial charge in [0.05, 0.1) is 12.7 Å². The molecule has 0 amide bonds. The Morgan fingerprint density at radius 1 is 0.893 bits per heavy atom. The smallest absolute Gasteiger partial charge is 0.137 e. The average molecular weight is 384 g/mol. The zero-order valence-corrected chi connectivity index (χ0v) is 17.8. The van der Waals surface area contributed by atoms with E-state index in [0.717, 1.165) is 19.5 Å². The van der Waals surface area contributed by atoms with Crippen molar-refractivity contribution in [3.63, 3.8) is 0 Å². The molecular formula is C25H37NO2. The summed E-state index contributed by atoms with van der Waals surface area (Å²) in [5.74, 6) is 0.552. The Morgan fingerprint density at radius 2 is 1.43 bits per heavy atom. The highest BCUT2D eigenvalue weighted by Gasteiger charge is 2.25. The molecule has 0 aliphatic carbocycles. The quantitative estimate of drug-likeness (QED) is 0.455. The predicted octanol–water partition coefficient (Wildman–Crippen LogP) is 5.63. The molecule has 0 bridgehead atoms. The Bertz CT molecular complexity index is 588. The van der Waals surface area contributed by atoms with Gasteiger partial charge in [0, 0.05) is 13.1 Å². The molecule has 154 valence electrons. The van der Waals surface area contributed by atoms with Crippen LogP contribution in [0.5, 0.6) is 0 Å². The van der Waals surface area contributed by atoms with Crippen molar-refractivity contribution in [1.82, 2.24) is 4.90 Å². The van der Waals surface area contributed by atoms with E-state index in [0.29, 0.717) is 12.5 Å². The second-order valence-electron chi connectivity index (χ2n) is 7.76. The largest absolute Gasteiger partial charge is 0.389 e. The van der Waals surface area contributed by atoms with Crippen molar-refractivity contribution >= 4 is 0 Å². The lowest BCUT2D eigenvalue weighted by Crippen LogP contribution is -2.44. The molecule has 0 aromatic heterocycles. The fourth-order valence-electron chi connectivity index (χ4n) is 3.55. The van der Waals surface area contributed by atoms with E-state index in [1.807, 2.05) is 19.1 Å². The Labute approximate surface area is 171 Å². The van der Waals surface area contributed by atoms with Gasteiger partial charge in [-0.2, -0.15) is 0 Å². The van der Waals surface area contributed by atoms with E-state index in [-0.39, 0.29) is 6.23 Å². The molecule has 1 N–H and O–H groups in total. The van der Waals surface area contributed by atoms with Gasteiger partial charge in [0.15, 0.2) is 0 Å². The first-order chi connectivity index (χ1) is 13.6. The molecule has 0 radical (unpaired) electrons. The summed E-state index contributed by atoms with van der Waals surface area (Å²) in [7, 11) is 0. The summed E-state index contributed by atoms with van der Waals surface area (Å²) in [6, 6.07) is 20.8. The van der Waals surface area contributed by atoms with Crippen LogP contribution in [0.25, 0.3) is 0 Å². The minimum atomic E-state index is -0.559. The highest BCUT2D eigenvalue weighted by molar-refractivity contribution is 5.17. The van der Waals surface area contributed by atoms with Crippen LogP contribution in [0.15, 0.2) is 60.7 Å². The van der Waals surface area contributed by atoms with Gasteiger partial charge >= 0.3 is 0 Å². The molecule has 2 rings (SSSR count). The second-order valence-corrected chi connectivity index (χ2v) is 7.76. The maximum atomic E-state index is 10.5. The number of aliphatic hydroxyl groups is 1. The Morgan fingerprint density at radius 3 is 1.86 bits per heavy atom. The number of benzene rings is 2. The van der Waals surface area contributed by atoms with E-state index in [1.54, 1.807) is 0 Å². The number of hydrogen-bond donors (Lipinski definition) is 1. The molecule has 0 saturated carbocycles. The summed E-state index contributed by atoms with van der Waals surface area (Å²) in [6.07, 6.45) is 3.87. The lowest BCUT2D eigenvalue weighted by atomic mass is 10.0. The molecule has 0 aliphatic heterocycles. The van der Waals surface area contributed by atoms with Gasteiger partial charge in [0.2, 0.25) is 0 Å². The first-order valence-electron chi connectivity index (χ1n) is 10.8. The minimum absolute atomic E-state index is 0.323. The minimum Gasteiger partial charge on any atom is -0.389 e. The third-order valence-electron chi connectivity index (χ3n) is 5.28. The normalized spacial score (nSPS) is 14.8. The molecule has 28 heavy (non-hydrogen) atoms. The van der Waals surface area contributed by atoms with E-state index in [2.05, 4.69) is 67.3 Å². The van der Waals surface area contributed by atoms with Crippen molar-refractivity contribution in [3.05, 3.63) is 71.8 Å². The van der Waals surface area contributed by atoms with E-state index in [1.165, 1.54) is 30.4 Å². The maximum Gasteiger partial charge on any atom is 0.137 e. The summed E-state index contributed by atoms with van der Waals surface area (Å²) >= 11 is 0. The van der Waals surface area contributed by atoms with E-state index < -0.39 is 6.10 Å². The van der Waals surface area contributed by atoms with Crippen LogP contribution in [0, 0.1) is 5.92 Å². The number of nitrogens with zero attached hydrogens (tertiary/aromatic N) is 1. The topological polar surface area (TPSA) is 32.7 Å². The molecular weight excluding hydrogens is 346 g/mol. The molecule has 0 spiro atoms. The number of ether oxygens (including phenoxy) is 1. The third kappa shape index (κ3) is 7.75. The van der Waals surface area contributed by atoms with Gasteiger partial charge in [-0.3, -0.25) is 4.90 Å². The zero-order chi connectivity index (χ0) is 20.2. The summed E-state index contributed by atoms with van der Waals surface area (Å²) in [5.41, 5.74) is 2.46. The standard InChI is InChI=1S/C25H37NO2/c1-4-6-13-22(5-2)20-28-25(21(3)27)26(18-23-14-9-7-10-15-23)19-24-16-11-8-12-17-24/h7-12,14-17,21-22,25,27H,4-6,13,18-20H2,1-3H3. The van der Waals surface area contributed by atoms with Crippen molar-refractivity contribution in [1.29, 1.82) is 0 Å².